The van der Waals surface area contributed by atoms with Gasteiger partial charge in [-0.25, -0.2) is 0 Å². The van der Waals surface area contributed by atoms with Crippen LogP contribution in [0, 0.1) is 5.92 Å². The van der Waals surface area contributed by atoms with Gasteiger partial charge < -0.3 is 5.73 Å². The van der Waals surface area contributed by atoms with Gasteiger partial charge >= 0.3 is 0 Å². The molecule has 2 heteroatoms. The molecule has 0 amide bonds. The molecule has 1 saturated carbocycles. The fourth-order valence-electron chi connectivity index (χ4n) is 1.79. The summed E-state index contributed by atoms with van der Waals surface area (Å²) in [6, 6.07) is 8.45. The summed E-state index contributed by atoms with van der Waals surface area (Å²) in [4.78, 5) is 0. The third-order valence-corrected chi connectivity index (χ3v) is 3.12. The van der Waals surface area contributed by atoms with E-state index in [4.69, 9.17) is 17.3 Å². The highest BCUT2D eigenvalue weighted by molar-refractivity contribution is 6.30. The first-order chi connectivity index (χ1) is 6.75. The van der Waals surface area contributed by atoms with E-state index in [1.807, 2.05) is 18.2 Å². The summed E-state index contributed by atoms with van der Waals surface area (Å²) in [5.74, 6) is 0.800. The summed E-state index contributed by atoms with van der Waals surface area (Å²) >= 11 is 5.90. The van der Waals surface area contributed by atoms with E-state index in [0.29, 0.717) is 6.04 Å². The van der Waals surface area contributed by atoms with Gasteiger partial charge in [-0.1, -0.05) is 23.7 Å². The molecule has 2 rings (SSSR count). The van der Waals surface area contributed by atoms with Crippen molar-refractivity contribution >= 4 is 11.6 Å². The smallest absolute Gasteiger partial charge is 0.0408 e. The van der Waals surface area contributed by atoms with Crippen molar-refractivity contribution in [1.29, 1.82) is 0 Å². The van der Waals surface area contributed by atoms with Crippen LogP contribution in [-0.2, 0) is 6.42 Å². The Bertz CT molecular complexity index is 307. The number of nitrogens with two attached hydrogens (primary N) is 1. The molecule has 76 valence electrons. The molecule has 0 bridgehead atoms. The molecule has 1 nitrogen and oxygen atoms in total. The average molecular weight is 210 g/mol. The number of hydrogen-bond donors (Lipinski definition) is 1. The third-order valence-electron chi connectivity index (χ3n) is 2.88. The van der Waals surface area contributed by atoms with E-state index in [2.05, 4.69) is 6.07 Å². The van der Waals surface area contributed by atoms with Gasteiger partial charge in [-0.05, 0) is 49.3 Å². The summed E-state index contributed by atoms with van der Waals surface area (Å²) in [7, 11) is 0. The Labute approximate surface area is 90.3 Å². The second kappa shape index (κ2) is 4.33. The van der Waals surface area contributed by atoms with Gasteiger partial charge in [-0.15, -0.1) is 0 Å². The second-order valence-corrected chi connectivity index (χ2v) is 4.61. The van der Waals surface area contributed by atoms with Gasteiger partial charge in [0.05, 0.1) is 0 Å². The first kappa shape index (κ1) is 10.0. The first-order valence-corrected chi connectivity index (χ1v) is 5.63. The Hall–Kier alpha value is -0.530. The van der Waals surface area contributed by atoms with Gasteiger partial charge in [-0.2, -0.15) is 0 Å². The molecular weight excluding hydrogens is 194 g/mol. The highest BCUT2D eigenvalue weighted by Crippen LogP contribution is 2.33. The number of halogens is 1. The SMILES string of the molecule is NC(CCc1cccc(Cl)c1)C1CC1. The minimum Gasteiger partial charge on any atom is -0.327 e. The van der Waals surface area contributed by atoms with Crippen molar-refractivity contribution in [1.82, 2.24) is 0 Å². The Balaban J connectivity index is 1.84. The van der Waals surface area contributed by atoms with Crippen molar-refractivity contribution in [2.45, 2.75) is 31.7 Å². The first-order valence-electron chi connectivity index (χ1n) is 5.26. The summed E-state index contributed by atoms with van der Waals surface area (Å²) in [5.41, 5.74) is 7.33. The van der Waals surface area contributed by atoms with Gasteiger partial charge in [0.1, 0.15) is 0 Å². The van der Waals surface area contributed by atoms with Crippen molar-refractivity contribution in [3.63, 3.8) is 0 Å². The second-order valence-electron chi connectivity index (χ2n) is 4.17. The molecule has 0 aliphatic heterocycles. The molecule has 14 heavy (non-hydrogen) atoms. The molecule has 0 radical (unpaired) electrons. The fraction of sp³-hybridized carbons (Fsp3) is 0.500. The number of hydrogen-bond acceptors (Lipinski definition) is 1. The van der Waals surface area contributed by atoms with Crippen molar-refractivity contribution in [3.8, 4) is 0 Å². The van der Waals surface area contributed by atoms with Crippen LogP contribution >= 0.6 is 11.6 Å². The molecule has 1 atom stereocenters. The lowest BCUT2D eigenvalue weighted by Crippen LogP contribution is -2.22. The van der Waals surface area contributed by atoms with Gasteiger partial charge in [-0.3, -0.25) is 0 Å². The predicted octanol–water partition coefficient (Wildman–Crippen LogP) is 3.01. The third kappa shape index (κ3) is 2.73. The Morgan fingerprint density at radius 1 is 1.43 bits per heavy atom. The normalized spacial score (nSPS) is 18.1. The largest absolute Gasteiger partial charge is 0.327 e. The van der Waals surface area contributed by atoms with E-state index >= 15 is 0 Å². The fourth-order valence-corrected chi connectivity index (χ4v) is 2.00. The molecule has 1 fully saturated rings. The molecule has 1 aromatic rings. The number of rotatable bonds is 4. The lowest BCUT2D eigenvalue weighted by molar-refractivity contribution is 0.550. The van der Waals surface area contributed by atoms with Gasteiger partial charge in [0.2, 0.25) is 0 Å². The Kier molecular flexibility index (Phi) is 3.09. The van der Waals surface area contributed by atoms with E-state index < -0.39 is 0 Å². The Morgan fingerprint density at radius 2 is 2.21 bits per heavy atom. The molecule has 1 aliphatic rings. The summed E-state index contributed by atoms with van der Waals surface area (Å²) in [6.07, 6.45) is 4.80. The lowest BCUT2D eigenvalue weighted by Gasteiger charge is -2.09. The van der Waals surface area contributed by atoms with Crippen molar-refractivity contribution in [2.24, 2.45) is 11.7 Å². The zero-order chi connectivity index (χ0) is 9.97. The highest BCUT2D eigenvalue weighted by Gasteiger charge is 2.27. The molecule has 2 N–H and O–H groups in total. The van der Waals surface area contributed by atoms with E-state index in [1.54, 1.807) is 0 Å². The van der Waals surface area contributed by atoms with Gasteiger partial charge in [0.25, 0.3) is 0 Å². The van der Waals surface area contributed by atoms with Crippen LogP contribution in [0.3, 0.4) is 0 Å². The molecule has 1 unspecified atom stereocenters. The van der Waals surface area contributed by atoms with Crippen molar-refractivity contribution in [2.75, 3.05) is 0 Å². The molecule has 0 spiro atoms. The zero-order valence-electron chi connectivity index (χ0n) is 8.25. The molecule has 0 saturated heterocycles. The maximum absolute atomic E-state index is 6.03. The monoisotopic (exact) mass is 209 g/mol. The minimum absolute atomic E-state index is 0.397. The van der Waals surface area contributed by atoms with Crippen LogP contribution in [0.15, 0.2) is 24.3 Å². The zero-order valence-corrected chi connectivity index (χ0v) is 9.00. The molecule has 1 aromatic carbocycles. The molecule has 0 aromatic heterocycles. The van der Waals surface area contributed by atoms with Crippen molar-refractivity contribution in [3.05, 3.63) is 34.9 Å². The maximum Gasteiger partial charge on any atom is 0.0408 e. The van der Waals surface area contributed by atoms with Gasteiger partial charge in [0, 0.05) is 11.1 Å². The summed E-state index contributed by atoms with van der Waals surface area (Å²) < 4.78 is 0. The van der Waals surface area contributed by atoms with E-state index in [-0.39, 0.29) is 0 Å². The van der Waals surface area contributed by atoms with E-state index in [1.165, 1.54) is 18.4 Å². The molecular formula is C12H16ClN. The topological polar surface area (TPSA) is 26.0 Å². The van der Waals surface area contributed by atoms with E-state index in [0.717, 1.165) is 23.8 Å². The van der Waals surface area contributed by atoms with Gasteiger partial charge in [0.15, 0.2) is 0 Å². The van der Waals surface area contributed by atoms with Crippen LogP contribution in [0.25, 0.3) is 0 Å². The molecule has 0 heterocycles. The summed E-state index contributed by atoms with van der Waals surface area (Å²) in [6.45, 7) is 0. The van der Waals surface area contributed by atoms with Crippen LogP contribution in [0.1, 0.15) is 24.8 Å². The van der Waals surface area contributed by atoms with Crippen molar-refractivity contribution < 1.29 is 0 Å². The highest BCUT2D eigenvalue weighted by atomic mass is 35.5. The minimum atomic E-state index is 0.397. The quantitative estimate of drug-likeness (QED) is 0.811. The number of aryl methyl sites for hydroxylation is 1. The summed E-state index contributed by atoms with van der Waals surface area (Å²) in [5, 5.41) is 0.822. The lowest BCUT2D eigenvalue weighted by atomic mass is 10.0. The van der Waals surface area contributed by atoms with Crippen LogP contribution in [-0.4, -0.2) is 6.04 Å². The van der Waals surface area contributed by atoms with Crippen LogP contribution in [0.2, 0.25) is 5.02 Å². The van der Waals surface area contributed by atoms with Crippen LogP contribution in [0.5, 0.6) is 0 Å². The predicted molar refractivity (Wildman–Crippen MR) is 60.5 cm³/mol. The average Bonchev–Trinajstić information content (AvgIpc) is 2.97. The standard InChI is InChI=1S/C12H16ClN/c13-11-3-1-2-9(8-11)4-7-12(14)10-5-6-10/h1-3,8,10,12H,4-7,14H2. The Morgan fingerprint density at radius 3 is 2.86 bits per heavy atom. The molecule has 1 aliphatic carbocycles. The van der Waals surface area contributed by atoms with Crippen LogP contribution < -0.4 is 5.73 Å². The maximum atomic E-state index is 6.03. The van der Waals surface area contributed by atoms with E-state index in [9.17, 15) is 0 Å². The van der Waals surface area contributed by atoms with Crippen LogP contribution in [0.4, 0.5) is 0 Å². The number of benzene rings is 1.